The van der Waals surface area contributed by atoms with Crippen molar-refractivity contribution in [1.29, 1.82) is 0 Å². The number of nitrogens with two attached hydrogens (primary N) is 1. The second kappa shape index (κ2) is 16.4. The third-order valence-electron chi connectivity index (χ3n) is 8.36. The van der Waals surface area contributed by atoms with Gasteiger partial charge in [-0.3, -0.25) is 19.4 Å². The molecule has 1 saturated heterocycles. The number of aliphatic imine (C=N–C) groups is 1. The number of nitrogens with zero attached hydrogens (tertiary/aromatic N) is 5. The molecule has 0 saturated carbocycles. The predicted molar refractivity (Wildman–Crippen MR) is 189 cm³/mol. The molecule has 3 atom stereocenters. The number of benzene rings is 3. The molecule has 258 valence electrons. The highest BCUT2D eigenvalue weighted by molar-refractivity contribution is 5.97. The van der Waals surface area contributed by atoms with Gasteiger partial charge in [-0.1, -0.05) is 48.5 Å². The monoisotopic (exact) mass is 659 g/mol. The number of amides is 2. The van der Waals surface area contributed by atoms with E-state index in [0.29, 0.717) is 17.9 Å². The number of rotatable bonds is 13. The molecule has 12 heteroatoms. The SMILES string of the molecule is COc1c(CN2O[C@@H](CN=C(N(C)C)N(C)C)C(CO)C2C(N)=O)cccc1-c1cc(C(=O)NCCc2ccccc2)cc(N(C)C)c1. The summed E-state index contributed by atoms with van der Waals surface area (Å²) in [5, 5.41) is 14.9. The molecule has 0 spiro atoms. The minimum atomic E-state index is -0.881. The highest BCUT2D eigenvalue weighted by Crippen LogP contribution is 2.38. The largest absolute Gasteiger partial charge is 0.496 e. The van der Waals surface area contributed by atoms with Gasteiger partial charge in [-0.25, -0.2) is 0 Å². The maximum Gasteiger partial charge on any atom is 0.251 e. The Bertz CT molecular complexity index is 1570. The fourth-order valence-electron chi connectivity index (χ4n) is 6.03. The Balaban J connectivity index is 1.63. The van der Waals surface area contributed by atoms with E-state index in [-0.39, 0.29) is 25.6 Å². The highest BCUT2D eigenvalue weighted by atomic mass is 16.7. The van der Waals surface area contributed by atoms with Crippen molar-refractivity contribution in [3.05, 3.63) is 83.4 Å². The minimum Gasteiger partial charge on any atom is -0.496 e. The molecule has 4 N–H and O–H groups in total. The summed E-state index contributed by atoms with van der Waals surface area (Å²) in [4.78, 5) is 42.8. The molecule has 1 aliphatic rings. The molecule has 0 aromatic heterocycles. The van der Waals surface area contributed by atoms with Crippen LogP contribution in [0, 0.1) is 5.92 Å². The second-order valence-electron chi connectivity index (χ2n) is 12.5. The van der Waals surface area contributed by atoms with Crippen LogP contribution in [-0.4, -0.2) is 119 Å². The van der Waals surface area contributed by atoms with Crippen molar-refractivity contribution in [3.8, 4) is 16.9 Å². The molecule has 2 unspecified atom stereocenters. The number of hydrogen-bond donors (Lipinski definition) is 3. The number of aliphatic hydroxyl groups excluding tert-OH is 1. The topological polar surface area (TPSA) is 136 Å². The van der Waals surface area contributed by atoms with Crippen molar-refractivity contribution in [1.82, 2.24) is 20.2 Å². The van der Waals surface area contributed by atoms with E-state index in [4.69, 9.17) is 20.3 Å². The Kier molecular flexibility index (Phi) is 12.4. The number of ether oxygens (including phenoxy) is 1. The summed E-state index contributed by atoms with van der Waals surface area (Å²) in [5.74, 6) is -0.0530. The minimum absolute atomic E-state index is 0.162. The van der Waals surface area contributed by atoms with E-state index in [1.165, 1.54) is 5.06 Å². The number of hydroxylamine groups is 2. The second-order valence-corrected chi connectivity index (χ2v) is 12.5. The number of aliphatic hydroxyl groups is 1. The number of nitrogens with one attached hydrogen (secondary N) is 1. The number of para-hydroxylation sites is 1. The summed E-state index contributed by atoms with van der Waals surface area (Å²) in [6.07, 6.45) is 0.154. The Labute approximate surface area is 283 Å². The number of carbonyl (C=O) groups excluding carboxylic acids is 2. The van der Waals surface area contributed by atoms with Crippen LogP contribution in [0.1, 0.15) is 21.5 Å². The number of anilines is 1. The molecule has 3 aromatic rings. The van der Waals surface area contributed by atoms with E-state index in [0.717, 1.165) is 40.3 Å². The van der Waals surface area contributed by atoms with Crippen LogP contribution in [-0.2, 0) is 22.6 Å². The Morgan fingerprint density at radius 1 is 1.00 bits per heavy atom. The lowest BCUT2D eigenvalue weighted by Gasteiger charge is -2.24. The molecule has 0 aliphatic carbocycles. The van der Waals surface area contributed by atoms with Crippen LogP contribution in [0.5, 0.6) is 5.75 Å². The van der Waals surface area contributed by atoms with Gasteiger partial charge in [-0.05, 0) is 35.7 Å². The first-order chi connectivity index (χ1) is 22.9. The maximum atomic E-state index is 13.3. The average Bonchev–Trinajstić information content (AvgIpc) is 3.41. The molecule has 2 amide bonds. The molecule has 4 rings (SSSR count). The molecule has 3 aromatic carbocycles. The Hall–Kier alpha value is -4.65. The van der Waals surface area contributed by atoms with E-state index >= 15 is 0 Å². The van der Waals surface area contributed by atoms with E-state index in [9.17, 15) is 14.7 Å². The molecule has 48 heavy (non-hydrogen) atoms. The van der Waals surface area contributed by atoms with Crippen LogP contribution in [0.3, 0.4) is 0 Å². The number of guanidine groups is 1. The zero-order chi connectivity index (χ0) is 35.0. The van der Waals surface area contributed by atoms with Gasteiger partial charge in [-0.15, -0.1) is 0 Å². The van der Waals surface area contributed by atoms with Crippen LogP contribution in [0.25, 0.3) is 11.1 Å². The molecular weight excluding hydrogens is 610 g/mol. The van der Waals surface area contributed by atoms with Gasteiger partial charge in [0.25, 0.3) is 5.91 Å². The first-order valence-electron chi connectivity index (χ1n) is 16.0. The summed E-state index contributed by atoms with van der Waals surface area (Å²) in [7, 11) is 13.0. The third kappa shape index (κ3) is 8.62. The number of methoxy groups -OCH3 is 1. The van der Waals surface area contributed by atoms with Gasteiger partial charge < -0.3 is 35.6 Å². The number of hydrogen-bond acceptors (Lipinski definition) is 8. The van der Waals surface area contributed by atoms with Crippen molar-refractivity contribution in [2.75, 3.05) is 74.0 Å². The van der Waals surface area contributed by atoms with Gasteiger partial charge in [0, 0.05) is 77.1 Å². The predicted octanol–water partition coefficient (Wildman–Crippen LogP) is 2.46. The van der Waals surface area contributed by atoms with Gasteiger partial charge in [0.05, 0.1) is 26.8 Å². The third-order valence-corrected chi connectivity index (χ3v) is 8.36. The molecule has 1 aliphatic heterocycles. The van der Waals surface area contributed by atoms with Crippen molar-refractivity contribution >= 4 is 23.5 Å². The summed E-state index contributed by atoms with van der Waals surface area (Å²) in [6.45, 7) is 0.596. The lowest BCUT2D eigenvalue weighted by Crippen LogP contribution is -2.44. The van der Waals surface area contributed by atoms with Crippen molar-refractivity contribution in [3.63, 3.8) is 0 Å². The molecule has 0 radical (unpaired) electrons. The summed E-state index contributed by atoms with van der Waals surface area (Å²) in [6, 6.07) is 20.6. The quantitative estimate of drug-likeness (QED) is 0.187. The van der Waals surface area contributed by atoms with Crippen LogP contribution in [0.2, 0.25) is 0 Å². The maximum absolute atomic E-state index is 13.3. The summed E-state index contributed by atoms with van der Waals surface area (Å²) < 4.78 is 5.97. The van der Waals surface area contributed by atoms with Crippen LogP contribution in [0.15, 0.2) is 71.7 Å². The van der Waals surface area contributed by atoms with E-state index in [1.807, 2.05) is 124 Å². The average molecular weight is 660 g/mol. The molecule has 1 heterocycles. The van der Waals surface area contributed by atoms with Crippen molar-refractivity contribution in [2.45, 2.75) is 25.1 Å². The van der Waals surface area contributed by atoms with Gasteiger partial charge in [0.15, 0.2) is 5.96 Å². The normalized spacial score (nSPS) is 17.5. The summed E-state index contributed by atoms with van der Waals surface area (Å²) >= 11 is 0. The summed E-state index contributed by atoms with van der Waals surface area (Å²) in [5.41, 5.74) is 10.7. The van der Waals surface area contributed by atoms with Crippen LogP contribution in [0.4, 0.5) is 5.69 Å². The zero-order valence-electron chi connectivity index (χ0n) is 29.0. The number of primary amides is 1. The van der Waals surface area contributed by atoms with E-state index in [1.54, 1.807) is 7.11 Å². The van der Waals surface area contributed by atoms with E-state index < -0.39 is 24.0 Å². The lowest BCUT2D eigenvalue weighted by atomic mass is 9.94. The molecule has 12 nitrogen and oxygen atoms in total. The smallest absolute Gasteiger partial charge is 0.251 e. The van der Waals surface area contributed by atoms with Gasteiger partial charge >= 0.3 is 0 Å². The molecular formula is C36H49N7O5. The fourth-order valence-corrected chi connectivity index (χ4v) is 6.03. The van der Waals surface area contributed by atoms with Crippen molar-refractivity contribution < 1.29 is 24.3 Å². The highest BCUT2D eigenvalue weighted by Gasteiger charge is 2.46. The fraction of sp³-hybridized carbons (Fsp3) is 0.417. The standard InChI is InChI=1S/C36H49N7O5/c1-40(2)28-19-26(18-27(20-28)35(46)38-17-16-24-12-9-8-10-13-24)29-15-11-14-25(33(29)47-7)22-43-32(34(37)45)30(23-44)31(48-43)21-39-36(41(3)4)42(5)6/h8-15,18-20,30-32,44H,16-17,21-23H2,1-7H3,(H2,37,45)(H,38,46)/t30?,31-,32?/m0/s1. The van der Waals surface area contributed by atoms with Crippen molar-refractivity contribution in [2.24, 2.45) is 16.6 Å². The van der Waals surface area contributed by atoms with Gasteiger partial charge in [0.1, 0.15) is 17.9 Å². The number of carbonyl (C=O) groups is 2. The first-order valence-corrected chi connectivity index (χ1v) is 16.0. The van der Waals surface area contributed by atoms with Gasteiger partial charge in [-0.2, -0.15) is 5.06 Å². The van der Waals surface area contributed by atoms with Crippen LogP contribution < -0.4 is 20.7 Å². The van der Waals surface area contributed by atoms with Crippen LogP contribution >= 0.6 is 0 Å². The lowest BCUT2D eigenvalue weighted by molar-refractivity contribution is -0.172. The Morgan fingerprint density at radius 3 is 2.31 bits per heavy atom. The molecule has 1 fully saturated rings. The zero-order valence-corrected chi connectivity index (χ0v) is 29.0. The molecule has 0 bridgehead atoms. The van der Waals surface area contributed by atoms with E-state index in [2.05, 4.69) is 5.32 Å². The van der Waals surface area contributed by atoms with Gasteiger partial charge in [0.2, 0.25) is 5.91 Å². The first kappa shape index (κ1) is 36.2. The Morgan fingerprint density at radius 2 is 1.71 bits per heavy atom.